The van der Waals surface area contributed by atoms with E-state index in [1.165, 1.54) is 0 Å². The summed E-state index contributed by atoms with van der Waals surface area (Å²) >= 11 is 0. The molecule has 3 heteroatoms. The Kier molecular flexibility index (Phi) is 10.2. The summed E-state index contributed by atoms with van der Waals surface area (Å²) in [5, 5.41) is 24.9. The molecular weight excluding hydrogens is 576 g/mol. The molecule has 47 heavy (non-hydrogen) atoms. The Hall–Kier alpha value is -2.16. The Labute approximate surface area is 291 Å². The van der Waals surface area contributed by atoms with E-state index in [9.17, 15) is 10.2 Å². The van der Waals surface area contributed by atoms with Gasteiger partial charge in [0.2, 0.25) is 0 Å². The van der Waals surface area contributed by atoms with Crippen LogP contribution in [0.25, 0.3) is 0 Å². The van der Waals surface area contributed by atoms with Crippen LogP contribution in [0, 0.1) is 0 Å². The van der Waals surface area contributed by atoms with Crippen LogP contribution < -0.4 is 4.74 Å². The minimum absolute atomic E-state index is 0.355. The highest BCUT2D eigenvalue weighted by molar-refractivity contribution is 5.71. The molecule has 0 amide bonds. The third-order valence-electron chi connectivity index (χ3n) is 9.06. The Morgan fingerprint density at radius 1 is 0.255 bits per heavy atom. The van der Waals surface area contributed by atoms with E-state index >= 15 is 0 Å². The summed E-state index contributed by atoms with van der Waals surface area (Å²) in [5.74, 6) is 2.46. The summed E-state index contributed by atoms with van der Waals surface area (Å²) in [6.45, 7) is 53.2. The lowest BCUT2D eigenvalue weighted by molar-refractivity contribution is 0.357. The molecule has 2 aromatic carbocycles. The van der Waals surface area contributed by atoms with Crippen molar-refractivity contribution in [3.05, 3.63) is 44.5 Å². The topological polar surface area (TPSA) is 49.7 Å². The molecule has 0 heterocycles. The van der Waals surface area contributed by atoms with Gasteiger partial charge in [0, 0.05) is 44.5 Å². The number of rotatable bonds is 2. The molecule has 0 aliphatic rings. The lowest BCUT2D eigenvalue weighted by atomic mass is 9.65. The van der Waals surface area contributed by atoms with Gasteiger partial charge in [0.05, 0.1) is 0 Å². The van der Waals surface area contributed by atoms with Crippen LogP contribution in [0.15, 0.2) is 0 Å². The highest BCUT2D eigenvalue weighted by Crippen LogP contribution is 2.59. The van der Waals surface area contributed by atoms with Crippen LogP contribution in [0.2, 0.25) is 0 Å². The summed E-state index contributed by atoms with van der Waals surface area (Å²) in [4.78, 5) is 0. The summed E-state index contributed by atoms with van der Waals surface area (Å²) in [6, 6.07) is 0. The lowest BCUT2D eigenvalue weighted by Crippen LogP contribution is -2.32. The summed E-state index contributed by atoms with van der Waals surface area (Å²) in [6.07, 6.45) is 0. The van der Waals surface area contributed by atoms with E-state index in [2.05, 4.69) is 166 Å². The van der Waals surface area contributed by atoms with Crippen LogP contribution in [0.5, 0.6) is 23.0 Å². The van der Waals surface area contributed by atoms with E-state index in [1.54, 1.807) is 0 Å². The molecule has 268 valence electrons. The summed E-state index contributed by atoms with van der Waals surface area (Å²) < 4.78 is 7.84. The van der Waals surface area contributed by atoms with Crippen LogP contribution in [0.3, 0.4) is 0 Å². The quantitative estimate of drug-likeness (QED) is 0.340. The predicted octanol–water partition coefficient (Wildman–Crippen LogP) is 13.3. The molecule has 2 rings (SSSR count). The first-order valence-electron chi connectivity index (χ1n) is 17.9. The number of benzene rings is 2. The van der Waals surface area contributed by atoms with E-state index in [-0.39, 0.29) is 43.3 Å². The van der Waals surface area contributed by atoms with Crippen molar-refractivity contribution in [2.24, 2.45) is 0 Å². The Morgan fingerprint density at radius 2 is 0.383 bits per heavy atom. The summed E-state index contributed by atoms with van der Waals surface area (Å²) in [7, 11) is 0. The molecular formula is C44H74O3. The van der Waals surface area contributed by atoms with Crippen LogP contribution in [0.1, 0.15) is 211 Å². The van der Waals surface area contributed by atoms with Crippen molar-refractivity contribution in [3.8, 4) is 23.0 Å². The Balaban J connectivity index is 3.74. The zero-order valence-corrected chi connectivity index (χ0v) is 35.3. The van der Waals surface area contributed by atoms with Crippen LogP contribution in [-0.2, 0) is 43.3 Å². The molecule has 0 bridgehead atoms. The molecule has 0 fully saturated rings. The molecule has 0 aliphatic heterocycles. The smallest absolute Gasteiger partial charge is 0.135 e. The number of hydrogen-bond acceptors (Lipinski definition) is 3. The van der Waals surface area contributed by atoms with Gasteiger partial charge in [-0.1, -0.05) is 166 Å². The molecule has 3 nitrogen and oxygen atoms in total. The number of ether oxygens (including phenoxy) is 1. The van der Waals surface area contributed by atoms with Crippen molar-refractivity contribution in [1.82, 2.24) is 0 Å². The largest absolute Gasteiger partial charge is 0.507 e. The number of phenols is 2. The molecule has 0 atom stereocenters. The lowest BCUT2D eigenvalue weighted by Gasteiger charge is -2.43. The number of aromatic hydroxyl groups is 2. The second-order valence-electron chi connectivity index (χ2n) is 22.5. The normalized spacial score (nSPS) is 14.6. The average molecular weight is 651 g/mol. The zero-order valence-electron chi connectivity index (χ0n) is 35.3. The van der Waals surface area contributed by atoms with Gasteiger partial charge < -0.3 is 14.9 Å². The van der Waals surface area contributed by atoms with Gasteiger partial charge in [0.1, 0.15) is 23.0 Å². The SMILES string of the molecule is CC(C)(C)c1c(O)c(C(C)(C)C)c(C(C)(C)C)c(Oc2c(C(C)(C)C)c(C(C)(C)C)c(O)c(C(C)(C)C)c2C(C)(C)C)c1C(C)(C)C. The first kappa shape index (κ1) is 41.0. The van der Waals surface area contributed by atoms with Gasteiger partial charge in [-0.2, -0.15) is 0 Å². The van der Waals surface area contributed by atoms with Gasteiger partial charge >= 0.3 is 0 Å². The highest BCUT2D eigenvalue weighted by atomic mass is 16.5. The molecule has 0 saturated heterocycles. The van der Waals surface area contributed by atoms with Gasteiger partial charge in [-0.25, -0.2) is 0 Å². The minimum atomic E-state index is -0.358. The van der Waals surface area contributed by atoms with Crippen molar-refractivity contribution in [3.63, 3.8) is 0 Å². The van der Waals surface area contributed by atoms with Gasteiger partial charge in [0.25, 0.3) is 0 Å². The summed E-state index contributed by atoms with van der Waals surface area (Å²) in [5.41, 5.74) is 5.10. The van der Waals surface area contributed by atoms with Gasteiger partial charge in [-0.15, -0.1) is 0 Å². The molecule has 2 N–H and O–H groups in total. The van der Waals surface area contributed by atoms with Crippen LogP contribution in [-0.4, -0.2) is 10.2 Å². The first-order valence-corrected chi connectivity index (χ1v) is 17.9. The molecule has 0 aliphatic carbocycles. The molecule has 0 unspecified atom stereocenters. The van der Waals surface area contributed by atoms with Crippen molar-refractivity contribution >= 4 is 0 Å². The third kappa shape index (κ3) is 8.02. The molecule has 0 spiro atoms. The van der Waals surface area contributed by atoms with E-state index < -0.39 is 0 Å². The maximum absolute atomic E-state index is 12.5. The van der Waals surface area contributed by atoms with Crippen molar-refractivity contribution in [2.45, 2.75) is 209 Å². The fourth-order valence-electron chi connectivity index (χ4n) is 7.52. The van der Waals surface area contributed by atoms with Crippen molar-refractivity contribution in [2.75, 3.05) is 0 Å². The maximum Gasteiger partial charge on any atom is 0.135 e. The fraction of sp³-hybridized carbons (Fsp3) is 0.727. The zero-order chi connectivity index (χ0) is 37.6. The second kappa shape index (κ2) is 11.7. The second-order valence-corrected chi connectivity index (χ2v) is 22.5. The van der Waals surface area contributed by atoms with Crippen molar-refractivity contribution in [1.29, 1.82) is 0 Å². The third-order valence-corrected chi connectivity index (χ3v) is 9.06. The molecule has 0 saturated carbocycles. The minimum Gasteiger partial charge on any atom is -0.507 e. The number of phenolic OH excluding ortho intramolecular Hbond substituents is 2. The Bertz CT molecular complexity index is 1270. The first-order chi connectivity index (χ1) is 20.3. The molecule has 0 aromatic heterocycles. The fourth-order valence-corrected chi connectivity index (χ4v) is 7.52. The maximum atomic E-state index is 12.5. The standard InChI is InChI=1S/C44H74O3/c1-37(2,3)25-29(41(13,14)15)35(30(42(16,17)18)26(33(25)45)38(4,5)6)47-36-31(43(19,20)21)27(39(7,8)9)34(46)28(40(10,11)12)32(36)44(22,23)24/h45-46H,1-24H3. The van der Waals surface area contributed by atoms with E-state index in [1.807, 2.05) is 0 Å². The van der Waals surface area contributed by atoms with E-state index in [4.69, 9.17) is 4.74 Å². The van der Waals surface area contributed by atoms with Crippen LogP contribution in [0.4, 0.5) is 0 Å². The molecule has 0 radical (unpaired) electrons. The van der Waals surface area contributed by atoms with Gasteiger partial charge in [-0.3, -0.25) is 0 Å². The van der Waals surface area contributed by atoms with Gasteiger partial charge in [0.15, 0.2) is 0 Å². The van der Waals surface area contributed by atoms with Gasteiger partial charge in [-0.05, 0) is 43.3 Å². The number of hydrogen-bond donors (Lipinski definition) is 2. The van der Waals surface area contributed by atoms with E-state index in [0.717, 1.165) is 56.0 Å². The molecule has 2 aromatic rings. The van der Waals surface area contributed by atoms with E-state index in [0.29, 0.717) is 11.5 Å². The predicted molar refractivity (Wildman–Crippen MR) is 206 cm³/mol. The Morgan fingerprint density at radius 3 is 0.489 bits per heavy atom. The van der Waals surface area contributed by atoms with Crippen LogP contribution >= 0.6 is 0 Å². The monoisotopic (exact) mass is 651 g/mol. The highest BCUT2D eigenvalue weighted by Gasteiger charge is 2.45. The van der Waals surface area contributed by atoms with Crippen molar-refractivity contribution < 1.29 is 14.9 Å². The average Bonchev–Trinajstić information content (AvgIpc) is 2.73.